The molecule has 0 radical (unpaired) electrons. The Morgan fingerprint density at radius 3 is 2.75 bits per heavy atom. The third-order valence-corrected chi connectivity index (χ3v) is 6.70. The quantitative estimate of drug-likeness (QED) is 0.336. The fourth-order valence-corrected chi connectivity index (χ4v) is 4.94. The number of Topliss-reactive ketones (excluding diaryl/α,β-unsaturated/α-hetero) is 1. The number of nitrogens with two attached hydrogens (primary N) is 1. The minimum absolute atomic E-state index is 0.00382. The largest absolute Gasteiger partial charge is 0.453 e. The summed E-state index contributed by atoms with van der Waals surface area (Å²) in [5, 5.41) is 0.685. The number of ketones is 1. The van der Waals surface area contributed by atoms with Gasteiger partial charge in [0.1, 0.15) is 5.58 Å². The zero-order valence-electron chi connectivity index (χ0n) is 20.6. The molecule has 0 saturated carbocycles. The molecule has 10 nitrogen and oxygen atoms in total. The third-order valence-electron chi connectivity index (χ3n) is 6.70. The number of furan rings is 1. The average molecular weight is 489 g/mol. The van der Waals surface area contributed by atoms with E-state index in [2.05, 4.69) is 16.7 Å². The summed E-state index contributed by atoms with van der Waals surface area (Å²) < 4.78 is 10.0. The van der Waals surface area contributed by atoms with Gasteiger partial charge in [0.25, 0.3) is 5.56 Å². The number of benzene rings is 1. The summed E-state index contributed by atoms with van der Waals surface area (Å²) in [5.41, 5.74) is 6.78. The molecule has 1 aliphatic rings. The molecule has 2 N–H and O–H groups in total. The Labute approximate surface area is 206 Å². The lowest BCUT2D eigenvalue weighted by Crippen LogP contribution is -2.44. The molecule has 0 bridgehead atoms. The van der Waals surface area contributed by atoms with Gasteiger partial charge in [-0.15, -0.1) is 5.92 Å². The number of hydrogen-bond acceptors (Lipinski definition) is 7. The van der Waals surface area contributed by atoms with Crippen molar-refractivity contribution in [2.75, 3.05) is 18.0 Å². The Bertz CT molecular complexity index is 1680. The highest BCUT2D eigenvalue weighted by Gasteiger charge is 2.27. The van der Waals surface area contributed by atoms with Crippen molar-refractivity contribution in [1.82, 2.24) is 18.7 Å². The first-order valence-corrected chi connectivity index (χ1v) is 11.9. The number of carbonyl (C=O) groups excluding carboxylic acids is 1. The highest BCUT2D eigenvalue weighted by Crippen LogP contribution is 2.27. The Balaban J connectivity index is 1.74. The number of piperidine rings is 1. The van der Waals surface area contributed by atoms with Crippen molar-refractivity contribution in [3.8, 4) is 11.8 Å². The molecule has 1 unspecified atom stereocenters. The van der Waals surface area contributed by atoms with Crippen LogP contribution in [0.3, 0.4) is 0 Å². The van der Waals surface area contributed by atoms with Gasteiger partial charge in [0.15, 0.2) is 22.7 Å². The Kier molecular flexibility index (Phi) is 6.02. The zero-order valence-corrected chi connectivity index (χ0v) is 20.6. The van der Waals surface area contributed by atoms with Crippen LogP contribution in [-0.2, 0) is 20.1 Å². The number of rotatable bonds is 5. The van der Waals surface area contributed by atoms with Crippen LogP contribution in [0.5, 0.6) is 0 Å². The van der Waals surface area contributed by atoms with Gasteiger partial charge in [0.05, 0.1) is 13.1 Å². The number of fused-ring (bicyclic) bond motifs is 2. The molecule has 4 aromatic rings. The smallest absolute Gasteiger partial charge is 0.332 e. The summed E-state index contributed by atoms with van der Waals surface area (Å²) in [6, 6.07) is 7.20. The maximum atomic E-state index is 13.9. The minimum Gasteiger partial charge on any atom is -0.453 e. The predicted octanol–water partition coefficient (Wildman–Crippen LogP) is 1.84. The van der Waals surface area contributed by atoms with Gasteiger partial charge < -0.3 is 15.1 Å². The van der Waals surface area contributed by atoms with Crippen molar-refractivity contribution in [3.05, 3.63) is 56.4 Å². The fraction of sp³-hybridized carbons (Fsp3) is 0.385. The molecular weight excluding hydrogens is 460 g/mol. The summed E-state index contributed by atoms with van der Waals surface area (Å²) in [4.78, 5) is 46.4. The van der Waals surface area contributed by atoms with Crippen molar-refractivity contribution in [2.24, 2.45) is 12.8 Å². The predicted molar refractivity (Wildman–Crippen MR) is 137 cm³/mol. The molecule has 1 fully saturated rings. The molecular formula is C26H28N6O4. The van der Waals surface area contributed by atoms with Crippen molar-refractivity contribution in [1.29, 1.82) is 0 Å². The lowest BCUT2D eigenvalue weighted by atomic mass is 10.1. The van der Waals surface area contributed by atoms with Gasteiger partial charge in [-0.25, -0.2) is 4.79 Å². The van der Waals surface area contributed by atoms with Crippen LogP contribution in [0.15, 0.2) is 38.3 Å². The molecule has 0 amide bonds. The number of nitrogens with zero attached hydrogens (tertiary/aromatic N) is 5. The number of para-hydroxylation sites is 1. The van der Waals surface area contributed by atoms with E-state index in [4.69, 9.17) is 15.1 Å². The highest BCUT2D eigenvalue weighted by atomic mass is 16.3. The van der Waals surface area contributed by atoms with Gasteiger partial charge in [-0.1, -0.05) is 24.1 Å². The van der Waals surface area contributed by atoms with Crippen molar-refractivity contribution >= 4 is 33.9 Å². The molecule has 5 rings (SSSR count). The van der Waals surface area contributed by atoms with E-state index in [0.29, 0.717) is 29.0 Å². The summed E-state index contributed by atoms with van der Waals surface area (Å²) >= 11 is 0. The fourth-order valence-electron chi connectivity index (χ4n) is 4.94. The molecule has 0 aliphatic carbocycles. The van der Waals surface area contributed by atoms with Crippen LogP contribution < -0.4 is 21.9 Å². The van der Waals surface area contributed by atoms with E-state index in [-0.39, 0.29) is 41.8 Å². The number of imidazole rings is 1. The maximum Gasteiger partial charge on any atom is 0.332 e. The first kappa shape index (κ1) is 23.6. The number of anilines is 1. The molecule has 0 spiro atoms. The number of carbonyl (C=O) groups is 1. The van der Waals surface area contributed by atoms with E-state index in [1.54, 1.807) is 30.7 Å². The van der Waals surface area contributed by atoms with Crippen LogP contribution >= 0.6 is 0 Å². The van der Waals surface area contributed by atoms with Crippen LogP contribution in [0, 0.1) is 11.8 Å². The van der Waals surface area contributed by atoms with Crippen molar-refractivity contribution in [3.63, 3.8) is 0 Å². The molecule has 3 aromatic heterocycles. The molecule has 186 valence electrons. The molecule has 1 aliphatic heterocycles. The van der Waals surface area contributed by atoms with Crippen LogP contribution in [0.2, 0.25) is 0 Å². The van der Waals surface area contributed by atoms with Crippen molar-refractivity contribution in [2.45, 2.75) is 45.8 Å². The first-order chi connectivity index (χ1) is 17.3. The van der Waals surface area contributed by atoms with Gasteiger partial charge in [0.2, 0.25) is 5.95 Å². The molecule has 10 heteroatoms. The second-order valence-corrected chi connectivity index (χ2v) is 9.14. The average Bonchev–Trinajstić information content (AvgIpc) is 3.43. The van der Waals surface area contributed by atoms with Crippen molar-refractivity contribution < 1.29 is 9.21 Å². The van der Waals surface area contributed by atoms with Gasteiger partial charge in [0, 0.05) is 44.1 Å². The van der Waals surface area contributed by atoms with E-state index in [0.717, 1.165) is 24.0 Å². The SMILES string of the molecule is CC#CCn1c(N2CCCC(N)C2)nc2c1c(=O)n(Cc1c(C(C)=O)oc3ccccc13)c(=O)n2C. The third kappa shape index (κ3) is 3.82. The monoisotopic (exact) mass is 488 g/mol. The van der Waals surface area contributed by atoms with Gasteiger partial charge in [-0.05, 0) is 25.8 Å². The maximum absolute atomic E-state index is 13.9. The Morgan fingerprint density at radius 1 is 1.25 bits per heavy atom. The highest BCUT2D eigenvalue weighted by molar-refractivity contribution is 5.99. The lowest BCUT2D eigenvalue weighted by Gasteiger charge is -2.31. The van der Waals surface area contributed by atoms with Crippen LogP contribution in [0.4, 0.5) is 5.95 Å². The normalized spacial score (nSPS) is 15.9. The van der Waals surface area contributed by atoms with E-state index in [9.17, 15) is 14.4 Å². The number of aromatic nitrogens is 4. The van der Waals surface area contributed by atoms with Gasteiger partial charge in [-0.3, -0.25) is 23.3 Å². The van der Waals surface area contributed by atoms with Crippen LogP contribution in [0.25, 0.3) is 22.1 Å². The second-order valence-electron chi connectivity index (χ2n) is 9.14. The summed E-state index contributed by atoms with van der Waals surface area (Å²) in [7, 11) is 1.59. The zero-order chi connectivity index (χ0) is 25.6. The van der Waals surface area contributed by atoms with E-state index < -0.39 is 11.2 Å². The number of aryl methyl sites for hydroxylation is 1. The molecule has 1 aromatic carbocycles. The first-order valence-electron chi connectivity index (χ1n) is 11.9. The lowest BCUT2D eigenvalue weighted by molar-refractivity contribution is 0.0988. The molecule has 36 heavy (non-hydrogen) atoms. The number of hydrogen-bond donors (Lipinski definition) is 1. The Morgan fingerprint density at radius 2 is 2.03 bits per heavy atom. The summed E-state index contributed by atoms with van der Waals surface area (Å²) in [5.74, 6) is 6.34. The minimum atomic E-state index is -0.527. The molecule has 4 heterocycles. The standard InChI is InChI=1S/C26H28N6O4/c1-4-5-13-31-21-23(28-25(31)30-12-8-9-17(27)14-30)29(3)26(35)32(24(21)34)15-19-18-10-6-7-11-20(18)36-22(19)16(2)33/h6-7,10-11,17H,8-9,12-15,27H2,1-3H3. The van der Waals surface area contributed by atoms with Crippen LogP contribution in [0.1, 0.15) is 42.8 Å². The second kappa shape index (κ2) is 9.17. The van der Waals surface area contributed by atoms with E-state index >= 15 is 0 Å². The van der Waals surface area contributed by atoms with E-state index in [1.165, 1.54) is 11.5 Å². The topological polar surface area (TPSA) is 121 Å². The Hall–Kier alpha value is -4.10. The summed E-state index contributed by atoms with van der Waals surface area (Å²) in [6.07, 6.45) is 1.84. The molecule has 1 saturated heterocycles. The summed E-state index contributed by atoms with van der Waals surface area (Å²) in [6.45, 7) is 4.63. The van der Waals surface area contributed by atoms with Gasteiger partial charge in [-0.2, -0.15) is 4.98 Å². The van der Waals surface area contributed by atoms with E-state index in [1.807, 2.05) is 12.1 Å². The van der Waals surface area contributed by atoms with Crippen LogP contribution in [-0.4, -0.2) is 43.6 Å². The molecule has 1 atom stereocenters. The van der Waals surface area contributed by atoms with Gasteiger partial charge >= 0.3 is 5.69 Å².